The molecule has 0 radical (unpaired) electrons. The van der Waals surface area contributed by atoms with Crippen molar-refractivity contribution < 1.29 is 23.4 Å². The van der Waals surface area contributed by atoms with E-state index in [-0.39, 0.29) is 5.82 Å². The summed E-state index contributed by atoms with van der Waals surface area (Å²) in [6.45, 7) is 4.57. The summed E-state index contributed by atoms with van der Waals surface area (Å²) in [4.78, 5) is 12.0. The van der Waals surface area contributed by atoms with Crippen LogP contribution in [0.2, 0.25) is 0 Å². The third-order valence-corrected chi connectivity index (χ3v) is 4.55. The molecule has 3 aromatic rings. The molecule has 0 aliphatic rings. The lowest BCUT2D eigenvalue weighted by molar-refractivity contribution is 0.152. The van der Waals surface area contributed by atoms with Crippen molar-refractivity contribution in [2.75, 3.05) is 6.61 Å². The number of ether oxygens (including phenoxy) is 3. The Hall–Kier alpha value is -3.34. The van der Waals surface area contributed by atoms with Gasteiger partial charge in [-0.3, -0.25) is 0 Å². The molecule has 0 fully saturated rings. The Morgan fingerprint density at radius 3 is 2.00 bits per heavy atom. The topological polar surface area (TPSA) is 44.8 Å². The minimum Gasteiger partial charge on any atom is -0.494 e. The Kier molecular flexibility index (Phi) is 7.44. The van der Waals surface area contributed by atoms with Crippen LogP contribution in [0.1, 0.15) is 32.3 Å². The number of carbonyl (C=O) groups is 1. The van der Waals surface area contributed by atoms with Crippen LogP contribution < -0.4 is 14.2 Å². The molecule has 0 aliphatic heterocycles. The number of halogens is 1. The maximum Gasteiger partial charge on any atom is 0.519 e. The van der Waals surface area contributed by atoms with Crippen LogP contribution in [-0.2, 0) is 6.42 Å². The Balaban J connectivity index is 1.60. The lowest BCUT2D eigenvalue weighted by Crippen LogP contribution is -2.13. The van der Waals surface area contributed by atoms with Crippen molar-refractivity contribution in [1.29, 1.82) is 0 Å². The molecule has 3 rings (SSSR count). The summed E-state index contributed by atoms with van der Waals surface area (Å²) in [6.07, 6.45) is 2.14. The largest absolute Gasteiger partial charge is 0.519 e. The molecule has 0 N–H and O–H groups in total. The number of rotatable bonds is 8. The SMILES string of the molecule is CCCCc1ccc(-c2ccc(OC(=O)Oc3ccc(OCC)cc3)cc2)c(F)c1. The Labute approximate surface area is 176 Å². The zero-order valence-electron chi connectivity index (χ0n) is 17.2. The highest BCUT2D eigenvalue weighted by Crippen LogP contribution is 2.26. The number of hydrogen-bond acceptors (Lipinski definition) is 4. The molecule has 4 nitrogen and oxygen atoms in total. The van der Waals surface area contributed by atoms with Crippen molar-refractivity contribution in [1.82, 2.24) is 0 Å². The number of unbranched alkanes of at least 4 members (excludes halogenated alkanes) is 1. The van der Waals surface area contributed by atoms with Gasteiger partial charge in [-0.15, -0.1) is 0 Å². The highest BCUT2D eigenvalue weighted by molar-refractivity contribution is 5.69. The fourth-order valence-corrected chi connectivity index (χ4v) is 3.02. The smallest absolute Gasteiger partial charge is 0.494 e. The van der Waals surface area contributed by atoms with Crippen LogP contribution in [0.5, 0.6) is 17.2 Å². The first-order chi connectivity index (χ1) is 14.6. The van der Waals surface area contributed by atoms with Crippen molar-refractivity contribution in [3.05, 3.63) is 78.1 Å². The summed E-state index contributed by atoms with van der Waals surface area (Å²) >= 11 is 0. The van der Waals surface area contributed by atoms with Gasteiger partial charge in [0.1, 0.15) is 23.1 Å². The molecule has 3 aromatic carbocycles. The summed E-state index contributed by atoms with van der Waals surface area (Å²) in [5, 5.41) is 0. The van der Waals surface area contributed by atoms with E-state index in [2.05, 4.69) is 6.92 Å². The summed E-state index contributed by atoms with van der Waals surface area (Å²) < 4.78 is 30.2. The van der Waals surface area contributed by atoms with Gasteiger partial charge in [0.05, 0.1) is 6.61 Å². The number of carbonyl (C=O) groups excluding carboxylic acids is 1. The summed E-state index contributed by atoms with van der Waals surface area (Å²) in [5.41, 5.74) is 2.22. The second kappa shape index (κ2) is 10.4. The van der Waals surface area contributed by atoms with E-state index in [4.69, 9.17) is 14.2 Å². The van der Waals surface area contributed by atoms with Crippen LogP contribution in [0.4, 0.5) is 9.18 Å². The Morgan fingerprint density at radius 2 is 1.43 bits per heavy atom. The second-order valence-electron chi connectivity index (χ2n) is 6.80. The first kappa shape index (κ1) is 21.4. The zero-order valence-corrected chi connectivity index (χ0v) is 17.2. The molecule has 0 saturated heterocycles. The fraction of sp³-hybridized carbons (Fsp3) is 0.240. The van der Waals surface area contributed by atoms with Gasteiger partial charge in [0, 0.05) is 5.56 Å². The van der Waals surface area contributed by atoms with E-state index in [0.717, 1.165) is 24.8 Å². The summed E-state index contributed by atoms with van der Waals surface area (Å²) in [5.74, 6) is 1.10. The number of benzene rings is 3. The molecule has 0 atom stereocenters. The fourth-order valence-electron chi connectivity index (χ4n) is 3.02. The lowest BCUT2D eigenvalue weighted by atomic mass is 10.0. The molecule has 0 unspecified atom stereocenters. The van der Waals surface area contributed by atoms with E-state index in [1.165, 1.54) is 0 Å². The maximum absolute atomic E-state index is 14.5. The van der Waals surface area contributed by atoms with Gasteiger partial charge in [-0.25, -0.2) is 9.18 Å². The third-order valence-electron chi connectivity index (χ3n) is 4.55. The molecule has 0 aromatic heterocycles. The summed E-state index contributed by atoms with van der Waals surface area (Å²) in [7, 11) is 0. The second-order valence-corrected chi connectivity index (χ2v) is 6.80. The lowest BCUT2D eigenvalue weighted by Gasteiger charge is -2.09. The van der Waals surface area contributed by atoms with Crippen LogP contribution >= 0.6 is 0 Å². The van der Waals surface area contributed by atoms with Crippen LogP contribution in [0.15, 0.2) is 66.7 Å². The van der Waals surface area contributed by atoms with Crippen molar-refractivity contribution in [2.24, 2.45) is 0 Å². The van der Waals surface area contributed by atoms with E-state index in [1.807, 2.05) is 13.0 Å². The van der Waals surface area contributed by atoms with Crippen LogP contribution in [0.25, 0.3) is 11.1 Å². The first-order valence-electron chi connectivity index (χ1n) is 10.1. The molecule has 5 heteroatoms. The predicted molar refractivity (Wildman–Crippen MR) is 115 cm³/mol. The Morgan fingerprint density at radius 1 is 0.833 bits per heavy atom. The zero-order chi connectivity index (χ0) is 21.3. The summed E-state index contributed by atoms with van der Waals surface area (Å²) in [6, 6.07) is 18.6. The highest BCUT2D eigenvalue weighted by Gasteiger charge is 2.10. The van der Waals surface area contributed by atoms with Crippen LogP contribution in [0, 0.1) is 5.82 Å². The molecular formula is C25H25FO4. The minimum absolute atomic E-state index is 0.257. The van der Waals surface area contributed by atoms with Gasteiger partial charge >= 0.3 is 6.16 Å². The van der Waals surface area contributed by atoms with Crippen LogP contribution in [0.3, 0.4) is 0 Å². The highest BCUT2D eigenvalue weighted by atomic mass is 19.1. The molecule has 156 valence electrons. The van der Waals surface area contributed by atoms with E-state index in [0.29, 0.717) is 35.0 Å². The third kappa shape index (κ3) is 5.83. The van der Waals surface area contributed by atoms with Gasteiger partial charge < -0.3 is 14.2 Å². The van der Waals surface area contributed by atoms with Gasteiger partial charge in [-0.05, 0) is 73.4 Å². The van der Waals surface area contributed by atoms with E-state index < -0.39 is 6.16 Å². The predicted octanol–water partition coefficient (Wildman–Crippen LogP) is 6.81. The van der Waals surface area contributed by atoms with Gasteiger partial charge in [0.25, 0.3) is 0 Å². The molecule has 0 amide bonds. The molecule has 0 heterocycles. The number of aryl methyl sites for hydroxylation is 1. The molecule has 0 spiro atoms. The van der Waals surface area contributed by atoms with Crippen molar-refractivity contribution >= 4 is 6.16 Å². The molecule has 0 aliphatic carbocycles. The van der Waals surface area contributed by atoms with E-state index >= 15 is 0 Å². The molecule has 0 saturated carbocycles. The average molecular weight is 408 g/mol. The quantitative estimate of drug-likeness (QED) is 0.303. The van der Waals surface area contributed by atoms with Crippen molar-refractivity contribution in [3.8, 4) is 28.4 Å². The number of hydrogen-bond donors (Lipinski definition) is 0. The standard InChI is InChI=1S/C25H25FO4/c1-3-5-6-18-7-16-23(24(26)17-18)19-8-10-21(11-9-19)29-25(27)30-22-14-12-20(13-15-22)28-4-2/h7-17H,3-6H2,1-2H3. The molecule has 0 bridgehead atoms. The molecule has 30 heavy (non-hydrogen) atoms. The normalized spacial score (nSPS) is 10.5. The van der Waals surface area contributed by atoms with E-state index in [1.54, 1.807) is 60.7 Å². The minimum atomic E-state index is -0.849. The molecular weight excluding hydrogens is 383 g/mol. The van der Waals surface area contributed by atoms with Crippen LogP contribution in [-0.4, -0.2) is 12.8 Å². The monoisotopic (exact) mass is 408 g/mol. The Bertz CT molecular complexity index is 965. The van der Waals surface area contributed by atoms with Crippen molar-refractivity contribution in [2.45, 2.75) is 33.1 Å². The van der Waals surface area contributed by atoms with Gasteiger partial charge in [0.2, 0.25) is 0 Å². The van der Waals surface area contributed by atoms with Gasteiger partial charge in [0.15, 0.2) is 0 Å². The average Bonchev–Trinajstić information content (AvgIpc) is 2.74. The van der Waals surface area contributed by atoms with Crippen molar-refractivity contribution in [3.63, 3.8) is 0 Å². The van der Waals surface area contributed by atoms with Gasteiger partial charge in [-0.2, -0.15) is 0 Å². The van der Waals surface area contributed by atoms with E-state index in [9.17, 15) is 9.18 Å². The van der Waals surface area contributed by atoms with Gasteiger partial charge in [-0.1, -0.05) is 37.6 Å². The maximum atomic E-state index is 14.5. The first-order valence-corrected chi connectivity index (χ1v) is 10.1.